The molecule has 0 aromatic carbocycles. The molecule has 13 heavy (non-hydrogen) atoms. The highest BCUT2D eigenvalue weighted by molar-refractivity contribution is 4.78. The smallest absolute Gasteiger partial charge is 0.314 e. The van der Waals surface area contributed by atoms with Crippen molar-refractivity contribution >= 4 is 0 Å². The summed E-state index contributed by atoms with van der Waals surface area (Å²) < 4.78 is 27.5. The van der Waals surface area contributed by atoms with Crippen LogP contribution in [0.3, 0.4) is 0 Å². The monoisotopic (exact) mass is 194 g/mol. The van der Waals surface area contributed by atoms with Crippen LogP contribution in [-0.2, 0) is 0 Å². The molecule has 0 aliphatic rings. The van der Waals surface area contributed by atoms with Crippen LogP contribution in [0.1, 0.15) is 45.9 Å². The first-order chi connectivity index (χ1) is 6.20. The van der Waals surface area contributed by atoms with E-state index in [-0.39, 0.29) is 5.89 Å². The summed E-state index contributed by atoms with van der Waals surface area (Å²) in [7, 11) is 0. The van der Waals surface area contributed by atoms with Crippen molar-refractivity contribution in [1.82, 2.24) is 10.2 Å². The van der Waals surface area contributed by atoms with Gasteiger partial charge >= 0.3 is 6.43 Å². The minimum Gasteiger partial charge on any atom is -0.420 e. The van der Waals surface area contributed by atoms with Gasteiger partial charge in [-0.15, -0.1) is 10.2 Å². The highest BCUT2D eigenvalue weighted by Crippen LogP contribution is 2.15. The second-order valence-corrected chi connectivity index (χ2v) is 1.46. The summed E-state index contributed by atoms with van der Waals surface area (Å²) in [4.78, 5) is 0. The normalized spacial score (nSPS) is 8.31. The molecule has 0 atom stereocenters. The average Bonchev–Trinajstić information content (AvgIpc) is 2.59. The van der Waals surface area contributed by atoms with E-state index in [9.17, 15) is 8.78 Å². The Morgan fingerprint density at radius 2 is 1.54 bits per heavy atom. The third-order valence-corrected chi connectivity index (χ3v) is 0.728. The highest BCUT2D eigenvalue weighted by Gasteiger charge is 2.13. The lowest BCUT2D eigenvalue weighted by Gasteiger charge is -1.84. The summed E-state index contributed by atoms with van der Waals surface area (Å²) in [5, 5.41) is 6.29. The number of aryl methyl sites for hydroxylation is 1. The molecule has 0 fully saturated rings. The molecule has 0 spiro atoms. The third kappa shape index (κ3) is 6.19. The Balaban J connectivity index is 0. The van der Waals surface area contributed by atoms with Crippen LogP contribution in [0, 0.1) is 6.92 Å². The minimum atomic E-state index is -2.66. The number of alkyl halides is 2. The average molecular weight is 194 g/mol. The van der Waals surface area contributed by atoms with Crippen molar-refractivity contribution in [3.8, 4) is 0 Å². The van der Waals surface area contributed by atoms with Crippen LogP contribution in [-0.4, -0.2) is 10.2 Å². The first-order valence-corrected chi connectivity index (χ1v) is 4.28. The van der Waals surface area contributed by atoms with Gasteiger partial charge in [-0.25, -0.2) is 0 Å². The predicted octanol–water partition coefficient (Wildman–Crippen LogP) is 3.37. The van der Waals surface area contributed by atoms with E-state index < -0.39 is 12.3 Å². The fourth-order valence-electron chi connectivity index (χ4n) is 0.400. The molecule has 0 aliphatic heterocycles. The van der Waals surface area contributed by atoms with Crippen LogP contribution in [0.4, 0.5) is 8.78 Å². The van der Waals surface area contributed by atoms with E-state index in [2.05, 4.69) is 14.6 Å². The lowest BCUT2D eigenvalue weighted by molar-refractivity contribution is 0.114. The maximum atomic E-state index is 11.6. The van der Waals surface area contributed by atoms with Crippen LogP contribution in [0.2, 0.25) is 0 Å². The van der Waals surface area contributed by atoms with Crippen LogP contribution >= 0.6 is 0 Å². The topological polar surface area (TPSA) is 38.9 Å². The Bertz CT molecular complexity index is 202. The van der Waals surface area contributed by atoms with Crippen LogP contribution in [0.5, 0.6) is 0 Å². The van der Waals surface area contributed by atoms with E-state index in [4.69, 9.17) is 0 Å². The maximum Gasteiger partial charge on any atom is 0.314 e. The van der Waals surface area contributed by atoms with E-state index in [1.807, 2.05) is 27.7 Å². The summed E-state index contributed by atoms with van der Waals surface area (Å²) >= 11 is 0. The zero-order valence-electron chi connectivity index (χ0n) is 8.64. The van der Waals surface area contributed by atoms with Crippen molar-refractivity contribution in [3.63, 3.8) is 0 Å². The van der Waals surface area contributed by atoms with Gasteiger partial charge in [0.05, 0.1) is 0 Å². The van der Waals surface area contributed by atoms with Gasteiger partial charge in [0.1, 0.15) is 0 Å². The summed E-state index contributed by atoms with van der Waals surface area (Å²) in [5.74, 6) is -0.460. The molecule has 1 aromatic rings. The van der Waals surface area contributed by atoms with E-state index in [1.54, 1.807) is 0 Å². The van der Waals surface area contributed by atoms with Crippen molar-refractivity contribution in [2.45, 2.75) is 41.0 Å². The molecule has 0 saturated heterocycles. The lowest BCUT2D eigenvalue weighted by atomic mass is 10.7. The summed E-state index contributed by atoms with van der Waals surface area (Å²) in [6.07, 6.45) is -2.66. The van der Waals surface area contributed by atoms with Crippen LogP contribution < -0.4 is 0 Å². The molecule has 3 nitrogen and oxygen atoms in total. The summed E-state index contributed by atoms with van der Waals surface area (Å²) in [5.41, 5.74) is 0. The third-order valence-electron chi connectivity index (χ3n) is 0.728. The summed E-state index contributed by atoms with van der Waals surface area (Å²) in [6, 6.07) is 0. The minimum absolute atomic E-state index is 0.158. The van der Waals surface area contributed by atoms with E-state index in [1.165, 1.54) is 6.92 Å². The van der Waals surface area contributed by atoms with Gasteiger partial charge in [-0.1, -0.05) is 27.7 Å². The molecule has 0 bridgehead atoms. The van der Waals surface area contributed by atoms with Gasteiger partial charge in [-0.3, -0.25) is 0 Å². The Labute approximate surface area is 77.2 Å². The molecule has 1 aromatic heterocycles. The number of halogens is 2. The predicted molar refractivity (Wildman–Crippen MR) is 46.7 cm³/mol. The second-order valence-electron chi connectivity index (χ2n) is 1.46. The van der Waals surface area contributed by atoms with Gasteiger partial charge in [0, 0.05) is 6.92 Å². The molecule has 0 unspecified atom stereocenters. The van der Waals surface area contributed by atoms with Gasteiger partial charge in [0.15, 0.2) is 0 Å². The van der Waals surface area contributed by atoms with E-state index in [0.717, 1.165) is 0 Å². The Hall–Kier alpha value is -1.00. The van der Waals surface area contributed by atoms with Crippen molar-refractivity contribution in [1.29, 1.82) is 0 Å². The summed E-state index contributed by atoms with van der Waals surface area (Å²) in [6.45, 7) is 9.46. The van der Waals surface area contributed by atoms with Crippen LogP contribution in [0.15, 0.2) is 4.42 Å². The molecule has 1 heterocycles. The fourth-order valence-corrected chi connectivity index (χ4v) is 0.400. The SMILES string of the molecule is CC.CC.Cc1nnc(C(F)F)o1. The lowest BCUT2D eigenvalue weighted by Crippen LogP contribution is -1.81. The number of hydrogen-bond acceptors (Lipinski definition) is 3. The standard InChI is InChI=1S/C4H4F2N2O.2C2H6/c1-2-7-8-4(9-2)3(5)6;2*1-2/h3H,1H3;2*1-2H3. The molecule has 0 amide bonds. The van der Waals surface area contributed by atoms with Crippen molar-refractivity contribution < 1.29 is 13.2 Å². The van der Waals surface area contributed by atoms with Gasteiger partial charge < -0.3 is 4.42 Å². The number of hydrogen-bond donors (Lipinski definition) is 0. The zero-order valence-corrected chi connectivity index (χ0v) is 8.64. The fraction of sp³-hybridized carbons (Fsp3) is 0.750. The van der Waals surface area contributed by atoms with E-state index in [0.29, 0.717) is 0 Å². The van der Waals surface area contributed by atoms with Crippen molar-refractivity contribution in [2.24, 2.45) is 0 Å². The molecular weight excluding hydrogens is 178 g/mol. The van der Waals surface area contributed by atoms with Gasteiger partial charge in [0.2, 0.25) is 5.89 Å². The maximum absolute atomic E-state index is 11.6. The number of nitrogens with zero attached hydrogens (tertiary/aromatic N) is 2. The molecule has 0 aliphatic carbocycles. The number of rotatable bonds is 1. The first kappa shape index (κ1) is 14.5. The Morgan fingerprint density at radius 3 is 1.69 bits per heavy atom. The molecule has 0 saturated carbocycles. The Morgan fingerprint density at radius 1 is 1.08 bits per heavy atom. The molecule has 5 heteroatoms. The molecule has 1 rings (SSSR count). The Kier molecular flexibility index (Phi) is 10.2. The van der Waals surface area contributed by atoms with Gasteiger partial charge in [-0.2, -0.15) is 8.78 Å². The quantitative estimate of drug-likeness (QED) is 0.688. The van der Waals surface area contributed by atoms with Crippen LogP contribution in [0.25, 0.3) is 0 Å². The molecular formula is C8H16F2N2O. The molecule has 78 valence electrons. The zero-order chi connectivity index (χ0) is 10.9. The largest absolute Gasteiger partial charge is 0.420 e. The molecule has 0 N–H and O–H groups in total. The first-order valence-electron chi connectivity index (χ1n) is 4.28. The number of aromatic nitrogens is 2. The van der Waals surface area contributed by atoms with Gasteiger partial charge in [0.25, 0.3) is 5.89 Å². The van der Waals surface area contributed by atoms with Crippen molar-refractivity contribution in [3.05, 3.63) is 11.8 Å². The second kappa shape index (κ2) is 9.09. The van der Waals surface area contributed by atoms with E-state index >= 15 is 0 Å². The van der Waals surface area contributed by atoms with Gasteiger partial charge in [-0.05, 0) is 0 Å². The van der Waals surface area contributed by atoms with Crippen molar-refractivity contribution in [2.75, 3.05) is 0 Å². The molecule has 0 radical (unpaired) electrons. The highest BCUT2D eigenvalue weighted by atomic mass is 19.3.